The van der Waals surface area contributed by atoms with E-state index in [0.29, 0.717) is 5.69 Å². The third-order valence-electron chi connectivity index (χ3n) is 2.54. The molecular formula is C14H17NO3S. The summed E-state index contributed by atoms with van der Waals surface area (Å²) in [5.41, 5.74) is 1.54. The van der Waals surface area contributed by atoms with E-state index >= 15 is 0 Å². The quantitative estimate of drug-likeness (QED) is 0.753. The maximum atomic E-state index is 11.0. The van der Waals surface area contributed by atoms with Crippen molar-refractivity contribution in [3.8, 4) is 5.75 Å². The second kappa shape index (κ2) is 4.81. The van der Waals surface area contributed by atoms with Crippen LogP contribution in [0.5, 0.6) is 5.75 Å². The van der Waals surface area contributed by atoms with Gasteiger partial charge < -0.3 is 15.2 Å². The molecule has 0 fully saturated rings. The Kier molecular flexibility index (Phi) is 3.49. The Morgan fingerprint density at radius 2 is 2.05 bits per heavy atom. The Morgan fingerprint density at radius 3 is 2.63 bits per heavy atom. The summed E-state index contributed by atoms with van der Waals surface area (Å²) in [6, 6.07) is 5.03. The number of fused-ring (bicyclic) bond motifs is 1. The highest BCUT2D eigenvalue weighted by Gasteiger charge is 2.20. The molecule has 2 rings (SSSR count). The average Bonchev–Trinajstić information content (AvgIpc) is 2.54. The number of carbonyl (C=O) groups is 1. The van der Waals surface area contributed by atoms with Gasteiger partial charge in [-0.15, -0.1) is 11.8 Å². The number of H-pyrrole nitrogens is 1. The summed E-state index contributed by atoms with van der Waals surface area (Å²) in [7, 11) is 0. The molecule has 4 nitrogen and oxygen atoms in total. The fourth-order valence-electron chi connectivity index (χ4n) is 1.91. The topological polar surface area (TPSA) is 73.3 Å². The summed E-state index contributed by atoms with van der Waals surface area (Å²) in [6.07, 6.45) is -0.0478. The number of hydrogen-bond acceptors (Lipinski definition) is 3. The first-order valence-corrected chi connectivity index (χ1v) is 6.82. The van der Waals surface area contributed by atoms with Gasteiger partial charge >= 0.3 is 5.97 Å². The molecule has 3 N–H and O–H groups in total. The normalized spacial score (nSPS) is 11.9. The zero-order valence-electron chi connectivity index (χ0n) is 11.2. The summed E-state index contributed by atoms with van der Waals surface area (Å²) < 4.78 is -0.0339. The van der Waals surface area contributed by atoms with Crippen LogP contribution in [0.2, 0.25) is 0 Å². The molecule has 2 aromatic rings. The standard InChI is InChI=1S/C14H17NO3S/c1-14(2,3)19-13-9-6-8(16)4-5-10(9)15-11(13)7-12(17)18/h4-6,15-16H,7H2,1-3H3,(H,17,18). The van der Waals surface area contributed by atoms with Crippen LogP contribution in [0, 0.1) is 0 Å². The first kappa shape index (κ1) is 13.8. The number of rotatable bonds is 3. The number of thioether (sulfide) groups is 1. The lowest BCUT2D eigenvalue weighted by atomic mass is 10.2. The fraction of sp³-hybridized carbons (Fsp3) is 0.357. The van der Waals surface area contributed by atoms with Crippen LogP contribution in [-0.2, 0) is 11.2 Å². The molecule has 0 unspecified atom stereocenters. The molecule has 1 heterocycles. The van der Waals surface area contributed by atoms with Crippen LogP contribution in [-0.4, -0.2) is 25.9 Å². The maximum absolute atomic E-state index is 11.0. The van der Waals surface area contributed by atoms with Crippen molar-refractivity contribution >= 4 is 28.6 Å². The van der Waals surface area contributed by atoms with Crippen molar-refractivity contribution < 1.29 is 15.0 Å². The smallest absolute Gasteiger partial charge is 0.309 e. The van der Waals surface area contributed by atoms with Gasteiger partial charge in [0.2, 0.25) is 0 Å². The maximum Gasteiger partial charge on any atom is 0.309 e. The van der Waals surface area contributed by atoms with E-state index in [9.17, 15) is 9.90 Å². The third-order valence-corrected chi connectivity index (χ3v) is 3.83. The molecule has 5 heteroatoms. The summed E-state index contributed by atoms with van der Waals surface area (Å²) in [6.45, 7) is 6.22. The Labute approximate surface area is 115 Å². The predicted molar refractivity (Wildman–Crippen MR) is 76.9 cm³/mol. The van der Waals surface area contributed by atoms with E-state index in [1.54, 1.807) is 30.0 Å². The van der Waals surface area contributed by atoms with Gasteiger partial charge in [0.05, 0.1) is 6.42 Å². The second-order valence-electron chi connectivity index (χ2n) is 5.45. The van der Waals surface area contributed by atoms with Gasteiger partial charge in [-0.05, 0) is 18.2 Å². The first-order chi connectivity index (χ1) is 8.76. The number of aliphatic carboxylic acids is 1. The van der Waals surface area contributed by atoms with Crippen LogP contribution < -0.4 is 0 Å². The van der Waals surface area contributed by atoms with Crippen molar-refractivity contribution in [3.63, 3.8) is 0 Å². The van der Waals surface area contributed by atoms with Gasteiger partial charge in [-0.25, -0.2) is 0 Å². The molecule has 0 saturated heterocycles. The highest BCUT2D eigenvalue weighted by atomic mass is 32.2. The van der Waals surface area contributed by atoms with E-state index < -0.39 is 5.97 Å². The van der Waals surface area contributed by atoms with Crippen molar-refractivity contribution in [1.82, 2.24) is 4.98 Å². The van der Waals surface area contributed by atoms with E-state index in [1.807, 2.05) is 0 Å². The minimum Gasteiger partial charge on any atom is -0.508 e. The number of aromatic amines is 1. The molecule has 0 aliphatic carbocycles. The van der Waals surface area contributed by atoms with Crippen molar-refractivity contribution in [2.45, 2.75) is 36.8 Å². The second-order valence-corrected chi connectivity index (χ2v) is 7.28. The van der Waals surface area contributed by atoms with Crippen LogP contribution in [0.25, 0.3) is 10.9 Å². The van der Waals surface area contributed by atoms with Gasteiger partial charge in [0.1, 0.15) is 5.75 Å². The summed E-state index contributed by atoms with van der Waals surface area (Å²) in [5.74, 6) is -0.685. The van der Waals surface area contributed by atoms with E-state index in [-0.39, 0.29) is 16.9 Å². The molecule has 0 aliphatic rings. The number of hydrogen-bond donors (Lipinski definition) is 3. The van der Waals surface area contributed by atoms with E-state index in [0.717, 1.165) is 15.8 Å². The van der Waals surface area contributed by atoms with Crippen molar-refractivity contribution in [1.29, 1.82) is 0 Å². The molecule has 0 radical (unpaired) electrons. The monoisotopic (exact) mass is 279 g/mol. The van der Waals surface area contributed by atoms with Crippen molar-refractivity contribution in [3.05, 3.63) is 23.9 Å². The van der Waals surface area contributed by atoms with E-state index in [1.165, 1.54) is 0 Å². The van der Waals surface area contributed by atoms with Gasteiger partial charge in [-0.1, -0.05) is 20.8 Å². The van der Waals surface area contributed by atoms with Gasteiger partial charge in [0.15, 0.2) is 0 Å². The molecule has 0 saturated carbocycles. The molecule has 1 aromatic carbocycles. The number of aromatic nitrogens is 1. The van der Waals surface area contributed by atoms with E-state index in [4.69, 9.17) is 5.11 Å². The Balaban J connectivity index is 2.59. The van der Waals surface area contributed by atoms with Gasteiger partial charge in [0, 0.05) is 26.2 Å². The molecule has 0 aliphatic heterocycles. The number of phenols is 1. The Bertz CT molecular complexity index is 625. The zero-order valence-corrected chi connectivity index (χ0v) is 12.0. The SMILES string of the molecule is CC(C)(C)Sc1c(CC(=O)O)[nH]c2ccc(O)cc12. The molecule has 0 bridgehead atoms. The van der Waals surface area contributed by atoms with E-state index in [2.05, 4.69) is 25.8 Å². The van der Waals surface area contributed by atoms with Gasteiger partial charge in [0.25, 0.3) is 0 Å². The van der Waals surface area contributed by atoms with Gasteiger partial charge in [-0.2, -0.15) is 0 Å². The molecular weight excluding hydrogens is 262 g/mol. The summed E-state index contributed by atoms with van der Waals surface area (Å²) >= 11 is 1.61. The third kappa shape index (κ3) is 3.23. The van der Waals surface area contributed by atoms with Crippen molar-refractivity contribution in [2.24, 2.45) is 0 Å². The van der Waals surface area contributed by atoms with Crippen LogP contribution in [0.4, 0.5) is 0 Å². The number of carboxylic acids is 1. The zero-order chi connectivity index (χ0) is 14.2. The molecule has 0 spiro atoms. The van der Waals surface area contributed by atoms with Crippen LogP contribution in [0.3, 0.4) is 0 Å². The number of phenolic OH excluding ortho intramolecular Hbond substituents is 1. The fourth-order valence-corrected chi connectivity index (χ4v) is 3.05. The lowest BCUT2D eigenvalue weighted by Gasteiger charge is -2.18. The first-order valence-electron chi connectivity index (χ1n) is 6.00. The number of aromatic hydroxyl groups is 1. The predicted octanol–water partition coefficient (Wildman–Crippen LogP) is 3.39. The lowest BCUT2D eigenvalue weighted by molar-refractivity contribution is -0.136. The van der Waals surface area contributed by atoms with Crippen LogP contribution in [0.15, 0.2) is 23.1 Å². The lowest BCUT2D eigenvalue weighted by Crippen LogP contribution is -2.08. The molecule has 102 valence electrons. The molecule has 1 aromatic heterocycles. The van der Waals surface area contributed by atoms with Crippen LogP contribution in [0.1, 0.15) is 26.5 Å². The van der Waals surface area contributed by atoms with Crippen molar-refractivity contribution in [2.75, 3.05) is 0 Å². The largest absolute Gasteiger partial charge is 0.508 e. The highest BCUT2D eigenvalue weighted by Crippen LogP contribution is 2.40. The summed E-state index contributed by atoms with van der Waals surface area (Å²) in [5, 5.41) is 19.5. The average molecular weight is 279 g/mol. The molecule has 19 heavy (non-hydrogen) atoms. The number of nitrogens with one attached hydrogen (secondary N) is 1. The summed E-state index contributed by atoms with van der Waals surface area (Å²) in [4.78, 5) is 15.0. The number of benzene rings is 1. The minimum atomic E-state index is -0.869. The number of carboxylic acid groups (broad SMARTS) is 1. The minimum absolute atomic E-state index is 0.0339. The Hall–Kier alpha value is -1.62. The Morgan fingerprint density at radius 1 is 1.37 bits per heavy atom. The highest BCUT2D eigenvalue weighted by molar-refractivity contribution is 8.00. The molecule has 0 amide bonds. The molecule has 0 atom stereocenters. The van der Waals surface area contributed by atoms with Crippen LogP contribution >= 0.6 is 11.8 Å². The van der Waals surface area contributed by atoms with Gasteiger partial charge in [-0.3, -0.25) is 4.79 Å².